The van der Waals surface area contributed by atoms with E-state index in [9.17, 15) is 8.42 Å². The molecule has 1 saturated heterocycles. The first kappa shape index (κ1) is 17.8. The largest absolute Gasteiger partial charge is 0.350 e. The average Bonchev–Trinajstić information content (AvgIpc) is 2.92. The van der Waals surface area contributed by atoms with Crippen LogP contribution in [0.1, 0.15) is 50.5 Å². The van der Waals surface area contributed by atoms with Crippen LogP contribution in [-0.2, 0) is 15.3 Å². The molecule has 5 heteroatoms. The molecule has 6 aliphatic rings. The first-order valence-electron chi connectivity index (χ1n) is 11.2. The SMILES string of the molecule is CS(=O)(=O)C1N(C2C3CC4CC(C3)CC2C4)c2ccccc2C12CCNCC2. The average molecular weight is 401 g/mol. The summed E-state index contributed by atoms with van der Waals surface area (Å²) in [5, 5.41) is 3.08. The van der Waals surface area contributed by atoms with Gasteiger partial charge in [0.15, 0.2) is 9.84 Å². The number of sulfone groups is 1. The van der Waals surface area contributed by atoms with Gasteiger partial charge in [0.1, 0.15) is 5.37 Å². The van der Waals surface area contributed by atoms with Crippen LogP contribution in [0, 0.1) is 23.7 Å². The summed E-state index contributed by atoms with van der Waals surface area (Å²) in [5.41, 5.74) is 2.29. The van der Waals surface area contributed by atoms with Crippen molar-refractivity contribution in [2.24, 2.45) is 23.7 Å². The van der Waals surface area contributed by atoms with Gasteiger partial charge >= 0.3 is 0 Å². The van der Waals surface area contributed by atoms with Crippen LogP contribution in [0.15, 0.2) is 24.3 Å². The number of anilines is 1. The van der Waals surface area contributed by atoms with Gasteiger partial charge in [0.05, 0.1) is 0 Å². The minimum atomic E-state index is -3.21. The highest BCUT2D eigenvalue weighted by Gasteiger charge is 2.61. The molecule has 4 nitrogen and oxygen atoms in total. The minimum Gasteiger partial charge on any atom is -0.350 e. The highest BCUT2D eigenvalue weighted by Crippen LogP contribution is 2.60. The molecule has 1 spiro atoms. The molecule has 152 valence electrons. The standard InChI is InChI=1S/C23H32N2O2S/c1-28(26,27)22-23(6-8-24-9-7-23)19-4-2-3-5-20(19)25(22)21-17-11-15-10-16(13-17)14-18(21)12-15/h2-5,15-18,21-22,24H,6-14H2,1H3. The Morgan fingerprint density at radius 2 is 1.57 bits per heavy atom. The second-order valence-corrected chi connectivity index (χ2v) is 12.5. The lowest BCUT2D eigenvalue weighted by Crippen LogP contribution is -2.62. The molecule has 28 heavy (non-hydrogen) atoms. The second-order valence-electron chi connectivity index (χ2n) is 10.4. The Balaban J connectivity index is 1.52. The molecule has 1 unspecified atom stereocenters. The van der Waals surface area contributed by atoms with E-state index in [-0.39, 0.29) is 10.8 Å². The van der Waals surface area contributed by atoms with E-state index in [0.29, 0.717) is 17.9 Å². The van der Waals surface area contributed by atoms with E-state index in [1.165, 1.54) is 49.6 Å². The number of hydrogen-bond donors (Lipinski definition) is 1. The van der Waals surface area contributed by atoms with Crippen molar-refractivity contribution in [3.05, 3.63) is 29.8 Å². The number of fused-ring (bicyclic) bond motifs is 2. The summed E-state index contributed by atoms with van der Waals surface area (Å²) in [6.07, 6.45) is 10.1. The van der Waals surface area contributed by atoms with Gasteiger partial charge in [-0.3, -0.25) is 0 Å². The molecule has 2 aliphatic heterocycles. The zero-order valence-electron chi connectivity index (χ0n) is 16.8. The lowest BCUT2D eigenvalue weighted by molar-refractivity contribution is -0.00455. The van der Waals surface area contributed by atoms with Crippen LogP contribution in [0.25, 0.3) is 0 Å². The van der Waals surface area contributed by atoms with Gasteiger partial charge in [0.25, 0.3) is 0 Å². The molecule has 1 aromatic rings. The molecule has 7 rings (SSSR count). The maximum atomic E-state index is 13.4. The molecule has 5 fully saturated rings. The predicted molar refractivity (Wildman–Crippen MR) is 112 cm³/mol. The Labute approximate surface area is 169 Å². The van der Waals surface area contributed by atoms with E-state index in [0.717, 1.165) is 37.8 Å². The Hall–Kier alpha value is -1.07. The monoisotopic (exact) mass is 400 g/mol. The van der Waals surface area contributed by atoms with Gasteiger partial charge in [-0.15, -0.1) is 0 Å². The summed E-state index contributed by atoms with van der Waals surface area (Å²) in [6, 6.07) is 9.09. The van der Waals surface area contributed by atoms with Crippen molar-refractivity contribution in [3.63, 3.8) is 0 Å². The van der Waals surface area contributed by atoms with Crippen LogP contribution >= 0.6 is 0 Å². The van der Waals surface area contributed by atoms with Gasteiger partial charge in [-0.2, -0.15) is 0 Å². The third-order valence-electron chi connectivity index (χ3n) is 8.84. The fourth-order valence-corrected chi connectivity index (χ4v) is 10.2. The van der Waals surface area contributed by atoms with Crippen molar-refractivity contribution in [2.45, 2.75) is 61.8 Å². The van der Waals surface area contributed by atoms with E-state index >= 15 is 0 Å². The second kappa shape index (κ2) is 5.98. The number of nitrogens with one attached hydrogen (secondary N) is 1. The highest BCUT2D eigenvalue weighted by molar-refractivity contribution is 7.91. The Morgan fingerprint density at radius 3 is 2.18 bits per heavy atom. The first-order chi connectivity index (χ1) is 13.5. The summed E-state index contributed by atoms with van der Waals surface area (Å²) < 4.78 is 26.7. The van der Waals surface area contributed by atoms with Crippen molar-refractivity contribution in [2.75, 3.05) is 24.2 Å². The smallest absolute Gasteiger partial charge is 0.169 e. The predicted octanol–water partition coefficient (Wildman–Crippen LogP) is 3.32. The van der Waals surface area contributed by atoms with Gasteiger partial charge in [-0.1, -0.05) is 18.2 Å². The number of para-hydroxylation sites is 1. The quantitative estimate of drug-likeness (QED) is 0.827. The zero-order chi connectivity index (χ0) is 19.1. The van der Waals surface area contributed by atoms with Gasteiger partial charge in [0.2, 0.25) is 0 Å². The first-order valence-corrected chi connectivity index (χ1v) is 13.2. The summed E-state index contributed by atoms with van der Waals surface area (Å²) >= 11 is 0. The topological polar surface area (TPSA) is 49.4 Å². The van der Waals surface area contributed by atoms with Gasteiger partial charge in [-0.05, 0) is 93.3 Å². The molecule has 1 atom stereocenters. The fraction of sp³-hybridized carbons (Fsp3) is 0.739. The summed E-state index contributed by atoms with van der Waals surface area (Å²) in [7, 11) is -3.21. The molecule has 4 bridgehead atoms. The third-order valence-corrected chi connectivity index (χ3v) is 10.3. The Bertz CT molecular complexity index is 862. The van der Waals surface area contributed by atoms with Crippen LogP contribution in [0.5, 0.6) is 0 Å². The molecule has 0 aromatic heterocycles. The van der Waals surface area contributed by atoms with Crippen molar-refractivity contribution < 1.29 is 8.42 Å². The van der Waals surface area contributed by atoms with Crippen molar-refractivity contribution in [1.29, 1.82) is 0 Å². The molecule has 0 radical (unpaired) electrons. The molecular weight excluding hydrogens is 368 g/mol. The Morgan fingerprint density at radius 1 is 0.964 bits per heavy atom. The summed E-state index contributed by atoms with van der Waals surface area (Å²) in [6.45, 7) is 1.83. The molecule has 1 aromatic carbocycles. The van der Waals surface area contributed by atoms with Crippen molar-refractivity contribution >= 4 is 15.5 Å². The van der Waals surface area contributed by atoms with Gasteiger partial charge < -0.3 is 10.2 Å². The van der Waals surface area contributed by atoms with Gasteiger partial charge in [-0.25, -0.2) is 8.42 Å². The molecular formula is C23H32N2O2S. The maximum Gasteiger partial charge on any atom is 0.169 e. The lowest BCUT2D eigenvalue weighted by atomic mass is 9.54. The van der Waals surface area contributed by atoms with Gasteiger partial charge in [0, 0.05) is 23.4 Å². The van der Waals surface area contributed by atoms with Crippen LogP contribution in [0.4, 0.5) is 5.69 Å². The number of nitrogens with zero attached hydrogens (tertiary/aromatic N) is 1. The van der Waals surface area contributed by atoms with Crippen LogP contribution in [0.2, 0.25) is 0 Å². The summed E-state index contributed by atoms with van der Waals surface area (Å²) in [5.74, 6) is 3.18. The number of hydrogen-bond acceptors (Lipinski definition) is 4. The van der Waals surface area contributed by atoms with Crippen molar-refractivity contribution in [3.8, 4) is 0 Å². The normalized spacial score (nSPS) is 40.8. The fourth-order valence-electron chi connectivity index (χ4n) is 8.32. The van der Waals surface area contributed by atoms with E-state index < -0.39 is 9.84 Å². The zero-order valence-corrected chi connectivity index (χ0v) is 17.6. The van der Waals surface area contributed by atoms with Crippen LogP contribution < -0.4 is 10.2 Å². The molecule has 0 amide bonds. The van der Waals surface area contributed by atoms with E-state index in [2.05, 4.69) is 34.5 Å². The summed E-state index contributed by atoms with van der Waals surface area (Å²) in [4.78, 5) is 2.46. The molecule has 2 heterocycles. The maximum absolute atomic E-state index is 13.4. The van der Waals surface area contributed by atoms with E-state index in [1.807, 2.05) is 0 Å². The highest BCUT2D eigenvalue weighted by atomic mass is 32.2. The third kappa shape index (κ3) is 2.35. The Kier molecular flexibility index (Phi) is 3.79. The number of benzene rings is 1. The number of piperidine rings is 1. The number of rotatable bonds is 2. The molecule has 4 aliphatic carbocycles. The minimum absolute atomic E-state index is 0.246. The van der Waals surface area contributed by atoms with E-state index in [4.69, 9.17) is 0 Å². The van der Waals surface area contributed by atoms with E-state index in [1.54, 1.807) is 0 Å². The molecule has 4 saturated carbocycles. The van der Waals surface area contributed by atoms with Crippen molar-refractivity contribution in [1.82, 2.24) is 5.32 Å². The lowest BCUT2D eigenvalue weighted by Gasteiger charge is -2.58. The van der Waals surface area contributed by atoms with Crippen LogP contribution in [-0.4, -0.2) is 39.2 Å². The molecule has 1 N–H and O–H groups in total. The van der Waals surface area contributed by atoms with Crippen LogP contribution in [0.3, 0.4) is 0 Å².